The Labute approximate surface area is 146 Å². The summed E-state index contributed by atoms with van der Waals surface area (Å²) < 4.78 is 5.40. The summed E-state index contributed by atoms with van der Waals surface area (Å²) in [5.74, 6) is 1.25. The highest BCUT2D eigenvalue weighted by Gasteiger charge is 2.08. The molecule has 0 aliphatic carbocycles. The van der Waals surface area contributed by atoms with Crippen molar-refractivity contribution in [3.8, 4) is 17.0 Å². The van der Waals surface area contributed by atoms with E-state index in [1.807, 2.05) is 30.3 Å². The number of H-pyrrole nitrogens is 1. The Hall–Kier alpha value is -3.34. The molecule has 0 spiro atoms. The highest BCUT2D eigenvalue weighted by Crippen LogP contribution is 2.16. The van der Waals surface area contributed by atoms with Crippen LogP contribution < -0.4 is 10.1 Å². The fourth-order valence-electron chi connectivity index (χ4n) is 2.34. The van der Waals surface area contributed by atoms with Crippen LogP contribution in [0.4, 0.5) is 0 Å². The maximum Gasteiger partial charge on any atom is 0.251 e. The molecule has 0 unspecified atom stereocenters. The first-order valence-electron chi connectivity index (χ1n) is 7.97. The van der Waals surface area contributed by atoms with Crippen LogP contribution in [0.2, 0.25) is 0 Å². The number of benzene rings is 2. The lowest BCUT2D eigenvalue weighted by atomic mass is 10.2. The van der Waals surface area contributed by atoms with E-state index >= 15 is 0 Å². The summed E-state index contributed by atoms with van der Waals surface area (Å²) in [5.41, 5.74) is 2.55. The SMILES string of the molecule is C=CCOc1ccc(C(=O)NCc2ncc(-c3ccccc3)[nH]2)cc1. The highest BCUT2D eigenvalue weighted by molar-refractivity contribution is 5.94. The van der Waals surface area contributed by atoms with Crippen molar-refractivity contribution in [3.63, 3.8) is 0 Å². The molecule has 0 atom stereocenters. The number of rotatable bonds is 7. The minimum absolute atomic E-state index is 0.159. The smallest absolute Gasteiger partial charge is 0.251 e. The molecule has 0 aliphatic heterocycles. The average molecular weight is 333 g/mol. The highest BCUT2D eigenvalue weighted by atomic mass is 16.5. The van der Waals surface area contributed by atoms with E-state index in [0.29, 0.717) is 30.3 Å². The second kappa shape index (κ2) is 7.97. The molecule has 5 nitrogen and oxygen atoms in total. The van der Waals surface area contributed by atoms with Crippen molar-refractivity contribution >= 4 is 5.91 Å². The van der Waals surface area contributed by atoms with Gasteiger partial charge in [0.15, 0.2) is 0 Å². The van der Waals surface area contributed by atoms with Crippen LogP contribution in [0.1, 0.15) is 16.2 Å². The van der Waals surface area contributed by atoms with Gasteiger partial charge in [0.1, 0.15) is 18.2 Å². The summed E-state index contributed by atoms with van der Waals surface area (Å²) in [6, 6.07) is 16.9. The summed E-state index contributed by atoms with van der Waals surface area (Å²) in [6.45, 7) is 4.37. The lowest BCUT2D eigenvalue weighted by Crippen LogP contribution is -2.23. The normalized spacial score (nSPS) is 10.2. The fourth-order valence-corrected chi connectivity index (χ4v) is 2.34. The van der Waals surface area contributed by atoms with E-state index in [2.05, 4.69) is 21.9 Å². The number of amides is 1. The van der Waals surface area contributed by atoms with Crippen molar-refractivity contribution in [2.24, 2.45) is 0 Å². The maximum absolute atomic E-state index is 12.2. The lowest BCUT2D eigenvalue weighted by molar-refractivity contribution is 0.0950. The third-order valence-corrected chi connectivity index (χ3v) is 3.61. The predicted molar refractivity (Wildman–Crippen MR) is 97.3 cm³/mol. The largest absolute Gasteiger partial charge is 0.490 e. The molecule has 126 valence electrons. The molecule has 0 fully saturated rings. The third-order valence-electron chi connectivity index (χ3n) is 3.61. The van der Waals surface area contributed by atoms with E-state index in [0.717, 1.165) is 11.3 Å². The number of imidazole rings is 1. The van der Waals surface area contributed by atoms with Gasteiger partial charge in [0, 0.05) is 5.56 Å². The standard InChI is InChI=1S/C20H19N3O2/c1-2-12-25-17-10-8-16(9-11-17)20(24)22-14-19-21-13-18(23-19)15-6-4-3-5-7-15/h2-11,13H,1,12,14H2,(H,21,23)(H,22,24). The zero-order valence-corrected chi connectivity index (χ0v) is 13.7. The molecule has 1 aromatic heterocycles. The van der Waals surface area contributed by atoms with Crippen molar-refractivity contribution in [2.45, 2.75) is 6.54 Å². The summed E-state index contributed by atoms with van der Waals surface area (Å²) in [7, 11) is 0. The Morgan fingerprint density at radius 2 is 1.92 bits per heavy atom. The van der Waals surface area contributed by atoms with Gasteiger partial charge in [-0.3, -0.25) is 4.79 Å². The predicted octanol–water partition coefficient (Wildman–Crippen LogP) is 3.57. The topological polar surface area (TPSA) is 67.0 Å². The second-order valence-corrected chi connectivity index (χ2v) is 5.42. The molecule has 0 aliphatic rings. The Balaban J connectivity index is 1.57. The van der Waals surface area contributed by atoms with Crippen molar-refractivity contribution in [3.05, 3.63) is 84.8 Å². The molecular formula is C20H19N3O2. The van der Waals surface area contributed by atoms with Gasteiger partial charge >= 0.3 is 0 Å². The minimum Gasteiger partial charge on any atom is -0.490 e. The average Bonchev–Trinajstić information content (AvgIpc) is 3.14. The Kier molecular flexibility index (Phi) is 5.26. The zero-order valence-electron chi connectivity index (χ0n) is 13.7. The van der Waals surface area contributed by atoms with Gasteiger partial charge < -0.3 is 15.0 Å². The van der Waals surface area contributed by atoms with Crippen LogP contribution in [0, 0.1) is 0 Å². The molecule has 0 saturated carbocycles. The van der Waals surface area contributed by atoms with E-state index < -0.39 is 0 Å². The number of ether oxygens (including phenoxy) is 1. The van der Waals surface area contributed by atoms with Crippen molar-refractivity contribution in [1.29, 1.82) is 0 Å². The molecule has 0 saturated heterocycles. The number of carbonyl (C=O) groups excluding carboxylic acids is 1. The molecule has 25 heavy (non-hydrogen) atoms. The molecule has 2 N–H and O–H groups in total. The van der Waals surface area contributed by atoms with E-state index in [1.165, 1.54) is 0 Å². The van der Waals surface area contributed by atoms with Crippen molar-refractivity contribution < 1.29 is 9.53 Å². The fraction of sp³-hybridized carbons (Fsp3) is 0.100. The van der Waals surface area contributed by atoms with Gasteiger partial charge in [0.2, 0.25) is 0 Å². The molecule has 1 amide bonds. The van der Waals surface area contributed by atoms with Gasteiger partial charge in [0.25, 0.3) is 5.91 Å². The number of hydrogen-bond donors (Lipinski definition) is 2. The van der Waals surface area contributed by atoms with Gasteiger partial charge in [-0.15, -0.1) is 0 Å². The summed E-state index contributed by atoms with van der Waals surface area (Å²) in [6.07, 6.45) is 3.44. The Morgan fingerprint density at radius 3 is 2.64 bits per heavy atom. The minimum atomic E-state index is -0.159. The summed E-state index contributed by atoms with van der Waals surface area (Å²) in [5, 5.41) is 2.85. The monoisotopic (exact) mass is 333 g/mol. The van der Waals surface area contributed by atoms with Gasteiger partial charge in [-0.05, 0) is 29.8 Å². The van der Waals surface area contributed by atoms with E-state index in [1.54, 1.807) is 36.5 Å². The first-order valence-corrected chi connectivity index (χ1v) is 7.97. The Morgan fingerprint density at radius 1 is 1.16 bits per heavy atom. The quantitative estimate of drug-likeness (QED) is 0.650. The molecule has 1 heterocycles. The van der Waals surface area contributed by atoms with E-state index in [-0.39, 0.29) is 5.91 Å². The lowest BCUT2D eigenvalue weighted by Gasteiger charge is -2.06. The molecule has 0 bridgehead atoms. The van der Waals surface area contributed by atoms with Crippen LogP contribution in [-0.4, -0.2) is 22.5 Å². The number of aromatic amines is 1. The Bertz CT molecular complexity index is 839. The zero-order chi connectivity index (χ0) is 17.5. The summed E-state index contributed by atoms with van der Waals surface area (Å²) >= 11 is 0. The first-order chi connectivity index (χ1) is 12.3. The van der Waals surface area contributed by atoms with Crippen LogP contribution in [-0.2, 0) is 6.54 Å². The molecule has 3 rings (SSSR count). The third kappa shape index (κ3) is 4.35. The number of aromatic nitrogens is 2. The number of nitrogens with zero attached hydrogens (tertiary/aromatic N) is 1. The van der Waals surface area contributed by atoms with Crippen LogP contribution in [0.25, 0.3) is 11.3 Å². The van der Waals surface area contributed by atoms with Crippen LogP contribution >= 0.6 is 0 Å². The molecular weight excluding hydrogens is 314 g/mol. The molecule has 0 radical (unpaired) electrons. The number of hydrogen-bond acceptors (Lipinski definition) is 3. The van der Waals surface area contributed by atoms with E-state index in [9.17, 15) is 4.79 Å². The number of carbonyl (C=O) groups is 1. The molecule has 3 aromatic rings. The van der Waals surface area contributed by atoms with Gasteiger partial charge in [-0.1, -0.05) is 43.0 Å². The van der Waals surface area contributed by atoms with Crippen LogP contribution in [0.15, 0.2) is 73.4 Å². The van der Waals surface area contributed by atoms with Crippen molar-refractivity contribution in [2.75, 3.05) is 6.61 Å². The first kappa shape index (κ1) is 16.5. The van der Waals surface area contributed by atoms with Crippen molar-refractivity contribution in [1.82, 2.24) is 15.3 Å². The van der Waals surface area contributed by atoms with E-state index in [4.69, 9.17) is 4.74 Å². The summed E-state index contributed by atoms with van der Waals surface area (Å²) in [4.78, 5) is 19.7. The number of nitrogens with one attached hydrogen (secondary N) is 2. The van der Waals surface area contributed by atoms with Crippen LogP contribution in [0.3, 0.4) is 0 Å². The maximum atomic E-state index is 12.2. The van der Waals surface area contributed by atoms with Crippen LogP contribution in [0.5, 0.6) is 5.75 Å². The molecule has 2 aromatic carbocycles. The van der Waals surface area contributed by atoms with Gasteiger partial charge in [0.05, 0.1) is 18.4 Å². The second-order valence-electron chi connectivity index (χ2n) is 5.42. The van der Waals surface area contributed by atoms with Gasteiger partial charge in [-0.25, -0.2) is 4.98 Å². The molecule has 5 heteroatoms. The van der Waals surface area contributed by atoms with Gasteiger partial charge in [-0.2, -0.15) is 0 Å².